The molecule has 0 atom stereocenters. The highest BCUT2D eigenvalue weighted by atomic mass is 32.1. The van der Waals surface area contributed by atoms with Gasteiger partial charge >= 0.3 is 0 Å². The number of thiocarbonyl (C=S) groups is 1. The summed E-state index contributed by atoms with van der Waals surface area (Å²) in [7, 11) is 0. The van der Waals surface area contributed by atoms with E-state index in [1.54, 1.807) is 30.3 Å². The van der Waals surface area contributed by atoms with Crippen LogP contribution in [-0.2, 0) is 0 Å². The zero-order valence-corrected chi connectivity index (χ0v) is 16.5. The van der Waals surface area contributed by atoms with Crippen molar-refractivity contribution in [3.05, 3.63) is 64.6 Å². The van der Waals surface area contributed by atoms with Gasteiger partial charge in [-0.2, -0.15) is 0 Å². The Balaban J connectivity index is 1.91. The highest BCUT2D eigenvalue weighted by Gasteiger charge is 2.14. The number of aromatic nitrogens is 2. The molecule has 0 fully saturated rings. The van der Waals surface area contributed by atoms with E-state index in [-0.39, 0.29) is 16.6 Å². The summed E-state index contributed by atoms with van der Waals surface area (Å²) in [5.74, 6) is -0.293. The van der Waals surface area contributed by atoms with Crippen molar-refractivity contribution in [2.24, 2.45) is 0 Å². The minimum atomic E-state index is -0.293. The molecule has 3 aromatic rings. The second-order valence-electron chi connectivity index (χ2n) is 6.08. The first-order chi connectivity index (χ1) is 13.5. The zero-order chi connectivity index (χ0) is 20.1. The number of amides is 1. The SMILES string of the molecule is CCN(CC)c1cc2ncc(=O)[nH]c2cc1NC(=S)NC(=O)c1ccccc1. The lowest BCUT2D eigenvalue weighted by atomic mass is 10.2. The Morgan fingerprint density at radius 1 is 1.18 bits per heavy atom. The minimum Gasteiger partial charge on any atom is -0.370 e. The Morgan fingerprint density at radius 2 is 1.89 bits per heavy atom. The first-order valence-electron chi connectivity index (χ1n) is 8.97. The molecule has 1 heterocycles. The highest BCUT2D eigenvalue weighted by Crippen LogP contribution is 2.29. The topological polar surface area (TPSA) is 90.1 Å². The lowest BCUT2D eigenvalue weighted by Crippen LogP contribution is -2.35. The Morgan fingerprint density at radius 3 is 2.57 bits per heavy atom. The van der Waals surface area contributed by atoms with Gasteiger partial charge in [-0.1, -0.05) is 18.2 Å². The molecule has 144 valence electrons. The summed E-state index contributed by atoms with van der Waals surface area (Å²) in [4.78, 5) is 33.0. The van der Waals surface area contributed by atoms with E-state index in [4.69, 9.17) is 12.2 Å². The molecule has 8 heteroatoms. The normalized spacial score (nSPS) is 10.5. The van der Waals surface area contributed by atoms with Gasteiger partial charge in [0.2, 0.25) is 0 Å². The van der Waals surface area contributed by atoms with E-state index in [1.165, 1.54) is 6.20 Å². The maximum atomic E-state index is 12.3. The lowest BCUT2D eigenvalue weighted by molar-refractivity contribution is 0.0977. The first-order valence-corrected chi connectivity index (χ1v) is 9.38. The van der Waals surface area contributed by atoms with Crippen LogP contribution < -0.4 is 21.1 Å². The quantitative estimate of drug-likeness (QED) is 0.576. The summed E-state index contributed by atoms with van der Waals surface area (Å²) in [6, 6.07) is 12.5. The molecule has 0 aliphatic heterocycles. The molecule has 0 spiro atoms. The molecule has 0 unspecified atom stereocenters. The van der Waals surface area contributed by atoms with E-state index < -0.39 is 0 Å². The van der Waals surface area contributed by atoms with Gasteiger partial charge in [0.05, 0.1) is 28.6 Å². The van der Waals surface area contributed by atoms with Crippen LogP contribution in [0.3, 0.4) is 0 Å². The first kappa shape index (κ1) is 19.5. The Kier molecular flexibility index (Phi) is 6.00. The van der Waals surface area contributed by atoms with Crippen molar-refractivity contribution in [1.82, 2.24) is 15.3 Å². The summed E-state index contributed by atoms with van der Waals surface area (Å²) in [5.41, 5.74) is 3.05. The van der Waals surface area contributed by atoms with E-state index >= 15 is 0 Å². The lowest BCUT2D eigenvalue weighted by Gasteiger charge is -2.25. The number of H-pyrrole nitrogens is 1. The molecule has 0 bridgehead atoms. The number of carbonyl (C=O) groups excluding carboxylic acids is 1. The summed E-state index contributed by atoms with van der Waals surface area (Å²) in [6.45, 7) is 5.66. The van der Waals surface area contributed by atoms with Crippen molar-refractivity contribution in [2.75, 3.05) is 23.3 Å². The van der Waals surface area contributed by atoms with Crippen LogP contribution in [0.25, 0.3) is 11.0 Å². The molecule has 3 rings (SSSR count). The van der Waals surface area contributed by atoms with Crippen LogP contribution in [0, 0.1) is 0 Å². The fourth-order valence-corrected chi connectivity index (χ4v) is 3.12. The zero-order valence-electron chi connectivity index (χ0n) is 15.7. The van der Waals surface area contributed by atoms with Crippen molar-refractivity contribution in [3.8, 4) is 0 Å². The summed E-state index contributed by atoms with van der Waals surface area (Å²) in [5, 5.41) is 5.94. The van der Waals surface area contributed by atoms with Crippen molar-refractivity contribution in [2.45, 2.75) is 13.8 Å². The Bertz CT molecular complexity index is 1060. The molecule has 7 nitrogen and oxygen atoms in total. The van der Waals surface area contributed by atoms with Crippen molar-refractivity contribution >= 4 is 45.6 Å². The van der Waals surface area contributed by atoms with Crippen LogP contribution in [0.4, 0.5) is 11.4 Å². The van der Waals surface area contributed by atoms with Gasteiger partial charge < -0.3 is 15.2 Å². The molecule has 0 saturated heterocycles. The van der Waals surface area contributed by atoms with Crippen molar-refractivity contribution < 1.29 is 4.79 Å². The van der Waals surface area contributed by atoms with Gasteiger partial charge in [-0.25, -0.2) is 4.98 Å². The number of anilines is 2. The number of hydrogen-bond donors (Lipinski definition) is 3. The van der Waals surface area contributed by atoms with E-state index in [0.29, 0.717) is 22.3 Å². The van der Waals surface area contributed by atoms with Gasteiger partial charge in [-0.15, -0.1) is 0 Å². The second-order valence-corrected chi connectivity index (χ2v) is 6.49. The van der Waals surface area contributed by atoms with Gasteiger partial charge in [-0.05, 0) is 50.3 Å². The fourth-order valence-electron chi connectivity index (χ4n) is 2.92. The van der Waals surface area contributed by atoms with Crippen LogP contribution in [-0.4, -0.2) is 34.1 Å². The summed E-state index contributed by atoms with van der Waals surface area (Å²) in [6.07, 6.45) is 1.26. The average molecular weight is 395 g/mol. The third-order valence-corrected chi connectivity index (χ3v) is 4.51. The minimum absolute atomic E-state index is 0.174. The number of carbonyl (C=O) groups is 1. The van der Waals surface area contributed by atoms with Crippen molar-refractivity contribution in [1.29, 1.82) is 0 Å². The number of aromatic amines is 1. The van der Waals surface area contributed by atoms with Gasteiger partial charge in [0.15, 0.2) is 5.11 Å². The molecule has 2 aromatic carbocycles. The molecule has 1 amide bonds. The summed E-state index contributed by atoms with van der Waals surface area (Å²) < 4.78 is 0. The average Bonchev–Trinajstić information content (AvgIpc) is 2.69. The molecule has 28 heavy (non-hydrogen) atoms. The van der Waals surface area contributed by atoms with E-state index in [1.807, 2.05) is 26.0 Å². The predicted molar refractivity (Wildman–Crippen MR) is 116 cm³/mol. The monoisotopic (exact) mass is 395 g/mol. The summed E-state index contributed by atoms with van der Waals surface area (Å²) >= 11 is 5.33. The fraction of sp³-hybridized carbons (Fsp3) is 0.200. The molecule has 0 aliphatic rings. The largest absolute Gasteiger partial charge is 0.370 e. The van der Waals surface area contributed by atoms with Crippen LogP contribution in [0.15, 0.2) is 53.5 Å². The number of hydrogen-bond acceptors (Lipinski definition) is 5. The molecule has 3 N–H and O–H groups in total. The van der Waals surface area contributed by atoms with Gasteiger partial charge in [0.1, 0.15) is 0 Å². The highest BCUT2D eigenvalue weighted by molar-refractivity contribution is 7.80. The Hall–Kier alpha value is -3.26. The van der Waals surface area contributed by atoms with E-state index in [2.05, 4.69) is 25.5 Å². The standard InChI is InChI=1S/C20H21N5O2S/c1-3-25(4-2)17-11-14-15(22-18(26)12-21-14)10-16(17)23-20(28)24-19(27)13-8-6-5-7-9-13/h5-12H,3-4H2,1-2H3,(H,22,26)(H2,23,24,27,28). The van der Waals surface area contributed by atoms with Crippen LogP contribution in [0.2, 0.25) is 0 Å². The second kappa shape index (κ2) is 8.62. The van der Waals surface area contributed by atoms with Gasteiger partial charge in [-0.3, -0.25) is 14.9 Å². The number of rotatable bonds is 5. The van der Waals surface area contributed by atoms with Crippen LogP contribution in [0.1, 0.15) is 24.2 Å². The van der Waals surface area contributed by atoms with E-state index in [9.17, 15) is 9.59 Å². The molecule has 1 aromatic heterocycles. The molecular weight excluding hydrogens is 374 g/mol. The number of benzene rings is 2. The smallest absolute Gasteiger partial charge is 0.266 e. The van der Waals surface area contributed by atoms with Crippen molar-refractivity contribution in [3.63, 3.8) is 0 Å². The number of nitrogens with zero attached hydrogens (tertiary/aromatic N) is 2. The van der Waals surface area contributed by atoms with Crippen LogP contribution in [0.5, 0.6) is 0 Å². The molecule has 0 saturated carbocycles. The molecule has 0 radical (unpaired) electrons. The maximum Gasteiger partial charge on any atom is 0.266 e. The van der Waals surface area contributed by atoms with Crippen LogP contribution >= 0.6 is 12.2 Å². The third-order valence-electron chi connectivity index (χ3n) is 4.31. The van der Waals surface area contributed by atoms with Gasteiger partial charge in [0, 0.05) is 18.7 Å². The molecule has 0 aliphatic carbocycles. The predicted octanol–water partition coefficient (Wildman–Crippen LogP) is 2.90. The third kappa shape index (κ3) is 4.34. The molecular formula is C20H21N5O2S. The maximum absolute atomic E-state index is 12.3. The van der Waals surface area contributed by atoms with Gasteiger partial charge in [0.25, 0.3) is 11.5 Å². The number of fused-ring (bicyclic) bond motifs is 1. The van der Waals surface area contributed by atoms with E-state index in [0.717, 1.165) is 18.8 Å². The Labute approximate surface area is 167 Å². The number of nitrogens with one attached hydrogen (secondary N) is 3.